The fraction of sp³-hybridized carbons (Fsp3) is 0.235. The van der Waals surface area contributed by atoms with E-state index in [1.54, 1.807) is 20.8 Å². The Morgan fingerprint density at radius 3 is 2.29 bits per heavy atom. The van der Waals surface area contributed by atoms with E-state index in [-0.39, 0.29) is 13.2 Å². The van der Waals surface area contributed by atoms with E-state index in [0.717, 1.165) is 49.8 Å². The Balaban J connectivity index is 1.32. The van der Waals surface area contributed by atoms with Gasteiger partial charge in [-0.3, -0.25) is 0 Å². The van der Waals surface area contributed by atoms with Crippen LogP contribution in [0, 0.1) is 0 Å². The standard InChI is InChI=1S/C34H33NO6/c1-34(2,3)41-33(37)35-29(32(36)38-4)21-39-20-22-10-7-11-23(18-22)24-12-8-13-25(19-24)26-15-9-16-28-27-14-5-6-17-30(27)40-31(26)28/h5-19,29H,20-21H2,1-4H3,(H,35,37). The Labute approximate surface area is 239 Å². The molecule has 1 atom stereocenters. The lowest BCUT2D eigenvalue weighted by atomic mass is 9.97. The number of furan rings is 1. The Hall–Kier alpha value is -4.62. The maximum absolute atomic E-state index is 12.2. The van der Waals surface area contributed by atoms with Gasteiger partial charge in [0.15, 0.2) is 6.04 Å². The third kappa shape index (κ3) is 6.58. The highest BCUT2D eigenvalue weighted by molar-refractivity contribution is 6.09. The Morgan fingerprint density at radius 2 is 1.51 bits per heavy atom. The van der Waals surface area contributed by atoms with Crippen LogP contribution in [0.25, 0.3) is 44.2 Å². The van der Waals surface area contributed by atoms with Crippen LogP contribution in [0.5, 0.6) is 0 Å². The number of carbonyl (C=O) groups is 2. The molecule has 7 heteroatoms. The molecule has 0 aliphatic rings. The summed E-state index contributed by atoms with van der Waals surface area (Å²) in [4.78, 5) is 24.4. The van der Waals surface area contributed by atoms with Gasteiger partial charge in [0, 0.05) is 16.3 Å². The fourth-order valence-electron chi connectivity index (χ4n) is 4.74. The van der Waals surface area contributed by atoms with Gasteiger partial charge < -0.3 is 23.9 Å². The average Bonchev–Trinajstić information content (AvgIpc) is 3.34. The van der Waals surface area contributed by atoms with E-state index in [1.807, 2.05) is 42.5 Å². The molecule has 1 heterocycles. The summed E-state index contributed by atoms with van der Waals surface area (Å²) in [6, 6.07) is 29.7. The fourth-order valence-corrected chi connectivity index (χ4v) is 4.74. The normalized spacial score (nSPS) is 12.3. The predicted molar refractivity (Wildman–Crippen MR) is 159 cm³/mol. The van der Waals surface area contributed by atoms with Crippen molar-refractivity contribution < 1.29 is 28.2 Å². The lowest BCUT2D eigenvalue weighted by Crippen LogP contribution is -2.46. The monoisotopic (exact) mass is 551 g/mol. The third-order valence-corrected chi connectivity index (χ3v) is 6.57. The van der Waals surface area contributed by atoms with Crippen LogP contribution >= 0.6 is 0 Å². The number of para-hydroxylation sites is 2. The van der Waals surface area contributed by atoms with E-state index in [0.29, 0.717) is 0 Å². The summed E-state index contributed by atoms with van der Waals surface area (Å²) in [5, 5.41) is 4.71. The molecule has 5 aromatic rings. The number of esters is 1. The van der Waals surface area contributed by atoms with E-state index in [4.69, 9.17) is 18.6 Å². The molecule has 0 fully saturated rings. The number of fused-ring (bicyclic) bond motifs is 3. The number of amides is 1. The van der Waals surface area contributed by atoms with E-state index in [1.165, 1.54) is 7.11 Å². The van der Waals surface area contributed by atoms with E-state index < -0.39 is 23.7 Å². The van der Waals surface area contributed by atoms with Crippen molar-refractivity contribution in [2.75, 3.05) is 13.7 Å². The first-order valence-corrected chi connectivity index (χ1v) is 13.5. The maximum Gasteiger partial charge on any atom is 0.408 e. The molecule has 210 valence electrons. The van der Waals surface area contributed by atoms with Crippen molar-refractivity contribution in [2.24, 2.45) is 0 Å². The molecule has 7 nitrogen and oxygen atoms in total. The minimum atomic E-state index is -0.990. The number of hydrogen-bond acceptors (Lipinski definition) is 6. The highest BCUT2D eigenvalue weighted by Gasteiger charge is 2.25. The molecular formula is C34H33NO6. The minimum Gasteiger partial charge on any atom is -0.467 e. The number of benzene rings is 4. The number of rotatable bonds is 8. The van der Waals surface area contributed by atoms with E-state index >= 15 is 0 Å². The Bertz CT molecular complexity index is 1700. The second-order valence-corrected chi connectivity index (χ2v) is 10.8. The molecular weight excluding hydrogens is 518 g/mol. The van der Waals surface area contributed by atoms with Crippen LogP contribution in [-0.2, 0) is 25.6 Å². The number of hydrogen-bond donors (Lipinski definition) is 1. The quantitative estimate of drug-likeness (QED) is 0.201. The SMILES string of the molecule is COC(=O)C(COCc1cccc(-c2cccc(-c3cccc4c3oc3ccccc34)c2)c1)NC(=O)OC(C)(C)C. The summed E-state index contributed by atoms with van der Waals surface area (Å²) in [5.74, 6) is -0.610. The average molecular weight is 552 g/mol. The third-order valence-electron chi connectivity index (χ3n) is 6.57. The van der Waals surface area contributed by atoms with Gasteiger partial charge in [0.2, 0.25) is 0 Å². The van der Waals surface area contributed by atoms with Gasteiger partial charge in [0.05, 0.1) is 20.3 Å². The molecule has 0 aliphatic heterocycles. The molecule has 0 saturated carbocycles. The second kappa shape index (κ2) is 11.9. The zero-order chi connectivity index (χ0) is 29.0. The summed E-state index contributed by atoms with van der Waals surface area (Å²) < 4.78 is 22.1. The summed E-state index contributed by atoms with van der Waals surface area (Å²) in [5.41, 5.74) is 6.14. The molecule has 4 aromatic carbocycles. The van der Waals surface area contributed by atoms with Crippen LogP contribution in [0.15, 0.2) is 95.4 Å². The largest absolute Gasteiger partial charge is 0.467 e. The van der Waals surface area contributed by atoms with Crippen molar-refractivity contribution in [3.05, 3.63) is 96.6 Å². The van der Waals surface area contributed by atoms with Gasteiger partial charge in [-0.05, 0) is 61.2 Å². The molecule has 1 amide bonds. The van der Waals surface area contributed by atoms with Gasteiger partial charge in [-0.1, -0.05) is 72.8 Å². The van der Waals surface area contributed by atoms with Crippen LogP contribution in [0.3, 0.4) is 0 Å². The molecule has 41 heavy (non-hydrogen) atoms. The van der Waals surface area contributed by atoms with Gasteiger partial charge in [0.25, 0.3) is 0 Å². The molecule has 0 radical (unpaired) electrons. The molecule has 0 aliphatic carbocycles. The molecule has 5 rings (SSSR count). The highest BCUT2D eigenvalue weighted by atomic mass is 16.6. The Kier molecular flexibility index (Phi) is 8.08. The first-order valence-electron chi connectivity index (χ1n) is 13.5. The predicted octanol–water partition coefficient (Wildman–Crippen LogP) is 7.50. The molecule has 1 unspecified atom stereocenters. The number of methoxy groups -OCH3 is 1. The first-order chi connectivity index (χ1) is 19.7. The van der Waals surface area contributed by atoms with Gasteiger partial charge in [-0.2, -0.15) is 0 Å². The topological polar surface area (TPSA) is 87.0 Å². The van der Waals surface area contributed by atoms with Crippen LogP contribution in [0.1, 0.15) is 26.3 Å². The van der Waals surface area contributed by atoms with Crippen molar-refractivity contribution in [1.29, 1.82) is 0 Å². The van der Waals surface area contributed by atoms with Crippen LogP contribution in [-0.4, -0.2) is 37.4 Å². The smallest absolute Gasteiger partial charge is 0.408 e. The van der Waals surface area contributed by atoms with Crippen molar-refractivity contribution >= 4 is 34.0 Å². The number of nitrogens with one attached hydrogen (secondary N) is 1. The number of alkyl carbamates (subject to hydrolysis) is 1. The van der Waals surface area contributed by atoms with Crippen LogP contribution in [0.2, 0.25) is 0 Å². The zero-order valence-corrected chi connectivity index (χ0v) is 23.6. The molecule has 0 saturated heterocycles. The van der Waals surface area contributed by atoms with Crippen LogP contribution < -0.4 is 5.32 Å². The van der Waals surface area contributed by atoms with Crippen molar-refractivity contribution in [2.45, 2.75) is 39.0 Å². The summed E-state index contributed by atoms with van der Waals surface area (Å²) in [6.07, 6.45) is -0.711. The van der Waals surface area contributed by atoms with Gasteiger partial charge in [-0.15, -0.1) is 0 Å². The van der Waals surface area contributed by atoms with Gasteiger partial charge in [-0.25, -0.2) is 9.59 Å². The maximum atomic E-state index is 12.2. The summed E-state index contributed by atoms with van der Waals surface area (Å²) >= 11 is 0. The highest BCUT2D eigenvalue weighted by Crippen LogP contribution is 2.36. The van der Waals surface area contributed by atoms with Crippen molar-refractivity contribution in [3.8, 4) is 22.3 Å². The number of carbonyl (C=O) groups excluding carboxylic acids is 2. The summed E-state index contributed by atoms with van der Waals surface area (Å²) in [7, 11) is 1.26. The number of ether oxygens (including phenoxy) is 3. The first kappa shape index (κ1) is 27.9. The Morgan fingerprint density at radius 1 is 0.829 bits per heavy atom. The second-order valence-electron chi connectivity index (χ2n) is 10.8. The van der Waals surface area contributed by atoms with Gasteiger partial charge in [0.1, 0.15) is 16.8 Å². The molecule has 0 spiro atoms. The van der Waals surface area contributed by atoms with Gasteiger partial charge >= 0.3 is 12.1 Å². The lowest BCUT2D eigenvalue weighted by molar-refractivity contribution is -0.145. The van der Waals surface area contributed by atoms with Crippen molar-refractivity contribution in [1.82, 2.24) is 5.32 Å². The molecule has 0 bridgehead atoms. The summed E-state index contributed by atoms with van der Waals surface area (Å²) in [6.45, 7) is 5.43. The van der Waals surface area contributed by atoms with E-state index in [9.17, 15) is 9.59 Å². The lowest BCUT2D eigenvalue weighted by Gasteiger charge is -2.22. The van der Waals surface area contributed by atoms with Crippen molar-refractivity contribution in [3.63, 3.8) is 0 Å². The van der Waals surface area contributed by atoms with Crippen LogP contribution in [0.4, 0.5) is 4.79 Å². The van der Waals surface area contributed by atoms with E-state index in [2.05, 4.69) is 53.8 Å². The molecule has 1 aromatic heterocycles. The molecule has 1 N–H and O–H groups in total. The minimum absolute atomic E-state index is 0.0624. The zero-order valence-electron chi connectivity index (χ0n) is 23.6.